The molecule has 7 heteroatoms. The van der Waals surface area contributed by atoms with E-state index in [4.69, 9.17) is 4.74 Å². The normalized spacial score (nSPS) is 15.3. The molecule has 0 bridgehead atoms. The Morgan fingerprint density at radius 1 is 1.24 bits per heavy atom. The first-order valence-electron chi connectivity index (χ1n) is 7.40. The average molecular weight is 339 g/mol. The standard InChI is InChI=1S/C14H26N4O.2ClH/c1-2-5-18-13-14(12-16-18)11-15-4-3-6-17-7-9-19-10-8-17;;/h12-13,15H,2-11H2,1H3;2*1H. The molecule has 5 nitrogen and oxygen atoms in total. The number of hydrogen-bond donors (Lipinski definition) is 1. The van der Waals surface area contributed by atoms with Crippen LogP contribution in [0.2, 0.25) is 0 Å². The molecule has 0 aromatic carbocycles. The van der Waals surface area contributed by atoms with Crippen molar-refractivity contribution in [3.05, 3.63) is 18.0 Å². The Labute approximate surface area is 140 Å². The largest absolute Gasteiger partial charge is 0.379 e. The van der Waals surface area contributed by atoms with Gasteiger partial charge in [-0.05, 0) is 25.9 Å². The van der Waals surface area contributed by atoms with E-state index in [1.165, 1.54) is 18.5 Å². The molecule has 0 aliphatic carbocycles. The molecule has 0 atom stereocenters. The van der Waals surface area contributed by atoms with Crippen LogP contribution in [0.15, 0.2) is 12.4 Å². The van der Waals surface area contributed by atoms with Gasteiger partial charge in [-0.2, -0.15) is 5.10 Å². The first-order chi connectivity index (χ1) is 9.38. The van der Waals surface area contributed by atoms with E-state index in [2.05, 4.69) is 28.4 Å². The molecule has 1 saturated heterocycles. The first kappa shape index (κ1) is 20.7. The molecule has 1 aliphatic rings. The second kappa shape index (κ2) is 12.2. The minimum absolute atomic E-state index is 0. The summed E-state index contributed by atoms with van der Waals surface area (Å²) in [5, 5.41) is 7.82. The molecule has 2 heterocycles. The van der Waals surface area contributed by atoms with E-state index < -0.39 is 0 Å². The van der Waals surface area contributed by atoms with E-state index in [0.717, 1.165) is 52.4 Å². The highest BCUT2D eigenvalue weighted by Crippen LogP contribution is 1.99. The molecule has 1 aromatic heterocycles. The Balaban J connectivity index is 0.00000200. The van der Waals surface area contributed by atoms with Crippen LogP contribution in [-0.4, -0.2) is 54.1 Å². The highest BCUT2D eigenvalue weighted by molar-refractivity contribution is 5.85. The summed E-state index contributed by atoms with van der Waals surface area (Å²) in [6.45, 7) is 10.3. The van der Waals surface area contributed by atoms with Crippen molar-refractivity contribution in [1.82, 2.24) is 20.0 Å². The van der Waals surface area contributed by atoms with E-state index in [-0.39, 0.29) is 24.8 Å². The Kier molecular flexibility index (Phi) is 12.0. The van der Waals surface area contributed by atoms with Crippen molar-refractivity contribution in [2.45, 2.75) is 32.9 Å². The fourth-order valence-electron chi connectivity index (χ4n) is 2.33. The van der Waals surface area contributed by atoms with Gasteiger partial charge in [0.2, 0.25) is 0 Å². The fraction of sp³-hybridized carbons (Fsp3) is 0.786. The summed E-state index contributed by atoms with van der Waals surface area (Å²) < 4.78 is 7.36. The average Bonchev–Trinajstić information content (AvgIpc) is 2.88. The Hall–Kier alpha value is -0.330. The van der Waals surface area contributed by atoms with Gasteiger partial charge in [-0.1, -0.05) is 6.92 Å². The van der Waals surface area contributed by atoms with Crippen molar-refractivity contribution in [3.8, 4) is 0 Å². The summed E-state index contributed by atoms with van der Waals surface area (Å²) in [4.78, 5) is 2.48. The highest BCUT2D eigenvalue weighted by Gasteiger charge is 2.08. The van der Waals surface area contributed by atoms with Crippen molar-refractivity contribution in [3.63, 3.8) is 0 Å². The van der Waals surface area contributed by atoms with E-state index >= 15 is 0 Å². The van der Waals surface area contributed by atoms with E-state index in [9.17, 15) is 0 Å². The predicted octanol–water partition coefficient (Wildman–Crippen LogP) is 1.95. The van der Waals surface area contributed by atoms with Crippen molar-refractivity contribution in [2.24, 2.45) is 0 Å². The Bertz CT molecular complexity index is 356. The molecule has 124 valence electrons. The zero-order valence-electron chi connectivity index (χ0n) is 12.8. The lowest BCUT2D eigenvalue weighted by Gasteiger charge is -2.26. The van der Waals surface area contributed by atoms with Crippen molar-refractivity contribution in [1.29, 1.82) is 0 Å². The van der Waals surface area contributed by atoms with E-state index in [1.54, 1.807) is 0 Å². The molecule has 0 radical (unpaired) electrons. The van der Waals surface area contributed by atoms with Crippen molar-refractivity contribution in [2.75, 3.05) is 39.4 Å². The number of morpholine rings is 1. The maximum Gasteiger partial charge on any atom is 0.0594 e. The third-order valence-corrected chi connectivity index (χ3v) is 3.40. The van der Waals surface area contributed by atoms with Crippen LogP contribution in [0.1, 0.15) is 25.3 Å². The van der Waals surface area contributed by atoms with Crippen LogP contribution >= 0.6 is 24.8 Å². The number of nitrogens with one attached hydrogen (secondary N) is 1. The quantitative estimate of drug-likeness (QED) is 0.735. The van der Waals surface area contributed by atoms with Gasteiger partial charge in [0.1, 0.15) is 0 Å². The molecule has 1 aromatic rings. The minimum atomic E-state index is 0. The molecule has 1 aliphatic heterocycles. The number of ether oxygens (including phenoxy) is 1. The van der Waals surface area contributed by atoms with Crippen molar-refractivity contribution >= 4 is 24.8 Å². The molecular weight excluding hydrogens is 311 g/mol. The second-order valence-corrected chi connectivity index (χ2v) is 5.10. The van der Waals surface area contributed by atoms with Crippen LogP contribution in [-0.2, 0) is 17.8 Å². The summed E-state index contributed by atoms with van der Waals surface area (Å²) in [7, 11) is 0. The topological polar surface area (TPSA) is 42.3 Å². The lowest BCUT2D eigenvalue weighted by molar-refractivity contribution is 0.0374. The summed E-state index contributed by atoms with van der Waals surface area (Å²) in [6.07, 6.45) is 6.43. The number of rotatable bonds is 8. The molecule has 0 unspecified atom stereocenters. The van der Waals surface area contributed by atoms with Crippen LogP contribution in [0.5, 0.6) is 0 Å². The van der Waals surface area contributed by atoms with Crippen molar-refractivity contribution < 1.29 is 4.74 Å². The molecule has 21 heavy (non-hydrogen) atoms. The number of halogens is 2. The molecular formula is C14H28Cl2N4O. The first-order valence-corrected chi connectivity index (χ1v) is 7.40. The van der Waals surface area contributed by atoms with Gasteiger partial charge in [-0.15, -0.1) is 24.8 Å². The third-order valence-electron chi connectivity index (χ3n) is 3.40. The van der Waals surface area contributed by atoms with Crippen LogP contribution in [0.4, 0.5) is 0 Å². The summed E-state index contributed by atoms with van der Waals surface area (Å²) in [5.41, 5.74) is 1.28. The van der Waals surface area contributed by atoms with Gasteiger partial charge in [0, 0.05) is 37.9 Å². The molecule has 0 saturated carbocycles. The van der Waals surface area contributed by atoms with Gasteiger partial charge in [-0.3, -0.25) is 9.58 Å². The number of aromatic nitrogens is 2. The van der Waals surface area contributed by atoms with Crippen LogP contribution in [0, 0.1) is 0 Å². The van der Waals surface area contributed by atoms with Gasteiger partial charge < -0.3 is 10.1 Å². The smallest absolute Gasteiger partial charge is 0.0594 e. The fourth-order valence-corrected chi connectivity index (χ4v) is 2.33. The molecule has 1 fully saturated rings. The third kappa shape index (κ3) is 8.02. The number of nitrogens with zero attached hydrogens (tertiary/aromatic N) is 3. The lowest BCUT2D eigenvalue weighted by atomic mass is 10.3. The Morgan fingerprint density at radius 2 is 2.00 bits per heavy atom. The van der Waals surface area contributed by atoms with Crippen LogP contribution < -0.4 is 5.32 Å². The number of aryl methyl sites for hydroxylation is 1. The Morgan fingerprint density at radius 3 is 2.71 bits per heavy atom. The molecule has 0 amide bonds. The second-order valence-electron chi connectivity index (χ2n) is 5.10. The maximum absolute atomic E-state index is 5.34. The van der Waals surface area contributed by atoms with Gasteiger partial charge in [0.25, 0.3) is 0 Å². The maximum atomic E-state index is 5.34. The lowest BCUT2D eigenvalue weighted by Crippen LogP contribution is -2.37. The van der Waals surface area contributed by atoms with Gasteiger partial charge in [0.15, 0.2) is 0 Å². The monoisotopic (exact) mass is 338 g/mol. The minimum Gasteiger partial charge on any atom is -0.379 e. The summed E-state index contributed by atoms with van der Waals surface area (Å²) in [5.74, 6) is 0. The molecule has 1 N–H and O–H groups in total. The van der Waals surface area contributed by atoms with Crippen LogP contribution in [0.3, 0.4) is 0 Å². The zero-order valence-corrected chi connectivity index (χ0v) is 14.4. The predicted molar refractivity (Wildman–Crippen MR) is 90.6 cm³/mol. The van der Waals surface area contributed by atoms with Gasteiger partial charge in [0.05, 0.1) is 19.4 Å². The summed E-state index contributed by atoms with van der Waals surface area (Å²) in [6, 6.07) is 0. The van der Waals surface area contributed by atoms with E-state index in [0.29, 0.717) is 0 Å². The summed E-state index contributed by atoms with van der Waals surface area (Å²) >= 11 is 0. The van der Waals surface area contributed by atoms with Gasteiger partial charge in [-0.25, -0.2) is 0 Å². The number of hydrogen-bond acceptors (Lipinski definition) is 4. The highest BCUT2D eigenvalue weighted by atomic mass is 35.5. The molecule has 2 rings (SSSR count). The molecule has 0 spiro atoms. The zero-order chi connectivity index (χ0) is 13.3. The van der Waals surface area contributed by atoms with Gasteiger partial charge >= 0.3 is 0 Å². The van der Waals surface area contributed by atoms with Crippen LogP contribution in [0.25, 0.3) is 0 Å². The SMILES string of the molecule is CCCn1cc(CNCCCN2CCOCC2)cn1.Cl.Cl. The van der Waals surface area contributed by atoms with E-state index in [1.807, 2.05) is 10.9 Å².